The SMILES string of the molecule is COc1ccccc1N(C[C@@H](O)CN1CCN(C)CC1)S(=O)(=O)c1ccccc1. The van der Waals surface area contributed by atoms with Crippen LogP contribution in [0.15, 0.2) is 59.5 Å². The lowest BCUT2D eigenvalue weighted by molar-refractivity contribution is 0.0853. The molecule has 7 nitrogen and oxygen atoms in total. The van der Waals surface area contributed by atoms with E-state index in [2.05, 4.69) is 16.8 Å². The van der Waals surface area contributed by atoms with E-state index in [0.717, 1.165) is 26.2 Å². The van der Waals surface area contributed by atoms with Crippen LogP contribution in [0.25, 0.3) is 0 Å². The standard InChI is InChI=1S/C21H29N3O4S/c1-22-12-14-23(15-13-22)16-18(25)17-24(20-10-6-7-11-21(20)28-2)29(26,27)19-8-4-3-5-9-19/h3-11,18,25H,12-17H2,1-2H3/t18-/m0/s1. The Morgan fingerprint density at radius 1 is 1.03 bits per heavy atom. The smallest absolute Gasteiger partial charge is 0.264 e. The van der Waals surface area contributed by atoms with Crippen LogP contribution in [0.1, 0.15) is 0 Å². The first-order valence-electron chi connectivity index (χ1n) is 9.71. The van der Waals surface area contributed by atoms with Crippen LogP contribution >= 0.6 is 0 Å². The second kappa shape index (κ2) is 9.58. The molecule has 1 N–H and O–H groups in total. The highest BCUT2D eigenvalue weighted by molar-refractivity contribution is 7.92. The van der Waals surface area contributed by atoms with Gasteiger partial charge in [0.2, 0.25) is 0 Å². The van der Waals surface area contributed by atoms with Gasteiger partial charge in [-0.1, -0.05) is 30.3 Å². The molecule has 29 heavy (non-hydrogen) atoms. The minimum Gasteiger partial charge on any atom is -0.495 e. The lowest BCUT2D eigenvalue weighted by atomic mass is 10.2. The summed E-state index contributed by atoms with van der Waals surface area (Å²) in [5.41, 5.74) is 0.413. The Hall–Kier alpha value is -2.13. The number of likely N-dealkylation sites (N-methyl/N-ethyl adjacent to an activating group) is 1. The van der Waals surface area contributed by atoms with E-state index < -0.39 is 16.1 Å². The normalized spacial score (nSPS) is 17.1. The molecule has 1 aliphatic rings. The zero-order valence-corrected chi connectivity index (χ0v) is 17.8. The Morgan fingerprint density at radius 3 is 2.31 bits per heavy atom. The number of aliphatic hydroxyl groups excluding tert-OH is 1. The van der Waals surface area contributed by atoms with Gasteiger partial charge >= 0.3 is 0 Å². The van der Waals surface area contributed by atoms with E-state index in [1.54, 1.807) is 54.6 Å². The molecule has 0 radical (unpaired) electrons. The average molecular weight is 420 g/mol. The number of anilines is 1. The van der Waals surface area contributed by atoms with Gasteiger partial charge in [0.15, 0.2) is 0 Å². The first kappa shape index (κ1) is 21.6. The predicted molar refractivity (Wildman–Crippen MR) is 114 cm³/mol. The van der Waals surface area contributed by atoms with Crippen LogP contribution < -0.4 is 9.04 Å². The third kappa shape index (κ3) is 5.27. The highest BCUT2D eigenvalue weighted by Gasteiger charge is 2.30. The molecule has 0 saturated carbocycles. The maximum atomic E-state index is 13.4. The number of piperazine rings is 1. The molecular weight excluding hydrogens is 390 g/mol. The number of aliphatic hydroxyl groups is 1. The van der Waals surface area contributed by atoms with Crippen molar-refractivity contribution in [2.24, 2.45) is 0 Å². The first-order chi connectivity index (χ1) is 13.9. The molecule has 8 heteroatoms. The molecule has 2 aromatic carbocycles. The zero-order chi connectivity index (χ0) is 20.9. The van der Waals surface area contributed by atoms with Crippen molar-refractivity contribution in [3.63, 3.8) is 0 Å². The third-order valence-corrected chi connectivity index (χ3v) is 6.92. The molecule has 1 saturated heterocycles. The molecule has 1 aliphatic heterocycles. The van der Waals surface area contributed by atoms with E-state index >= 15 is 0 Å². The van der Waals surface area contributed by atoms with Crippen LogP contribution in [-0.4, -0.2) is 82.9 Å². The van der Waals surface area contributed by atoms with E-state index in [0.29, 0.717) is 18.0 Å². The molecule has 0 unspecified atom stereocenters. The lowest BCUT2D eigenvalue weighted by Crippen LogP contribution is -2.49. The van der Waals surface area contributed by atoms with Crippen LogP contribution in [0, 0.1) is 0 Å². The number of ether oxygens (including phenoxy) is 1. The summed E-state index contributed by atoms with van der Waals surface area (Å²) < 4.78 is 33.5. The number of hydrogen-bond acceptors (Lipinski definition) is 6. The maximum Gasteiger partial charge on any atom is 0.264 e. The Bertz CT molecular complexity index is 884. The summed E-state index contributed by atoms with van der Waals surface area (Å²) in [6.45, 7) is 3.95. The first-order valence-corrected chi connectivity index (χ1v) is 11.2. The van der Waals surface area contributed by atoms with Gasteiger partial charge in [0.05, 0.1) is 30.3 Å². The minimum atomic E-state index is -3.86. The number of rotatable bonds is 8. The van der Waals surface area contributed by atoms with Gasteiger partial charge in [-0.15, -0.1) is 0 Å². The fraction of sp³-hybridized carbons (Fsp3) is 0.429. The van der Waals surface area contributed by atoms with E-state index in [1.165, 1.54) is 11.4 Å². The average Bonchev–Trinajstić information content (AvgIpc) is 2.74. The van der Waals surface area contributed by atoms with Crippen molar-refractivity contribution in [2.45, 2.75) is 11.0 Å². The highest BCUT2D eigenvalue weighted by atomic mass is 32.2. The third-order valence-electron chi connectivity index (χ3n) is 5.13. The number of methoxy groups -OCH3 is 1. The molecule has 1 atom stereocenters. The van der Waals surface area contributed by atoms with E-state index in [4.69, 9.17) is 4.74 Å². The van der Waals surface area contributed by atoms with Crippen molar-refractivity contribution in [1.82, 2.24) is 9.80 Å². The summed E-state index contributed by atoms with van der Waals surface area (Å²) in [4.78, 5) is 4.59. The number of nitrogens with zero attached hydrogens (tertiary/aromatic N) is 3. The molecule has 0 amide bonds. The van der Waals surface area contributed by atoms with Crippen molar-refractivity contribution in [2.75, 3.05) is 57.7 Å². The van der Waals surface area contributed by atoms with Gasteiger partial charge < -0.3 is 14.7 Å². The van der Waals surface area contributed by atoms with Crippen LogP contribution in [0.2, 0.25) is 0 Å². The Kier molecular flexibility index (Phi) is 7.13. The van der Waals surface area contributed by atoms with E-state index in [-0.39, 0.29) is 11.4 Å². The quantitative estimate of drug-likeness (QED) is 0.699. The summed E-state index contributed by atoms with van der Waals surface area (Å²) in [7, 11) is -0.285. The minimum absolute atomic E-state index is 0.0516. The van der Waals surface area contributed by atoms with Crippen molar-refractivity contribution in [3.8, 4) is 5.75 Å². The van der Waals surface area contributed by atoms with Gasteiger partial charge in [-0.25, -0.2) is 8.42 Å². The number of benzene rings is 2. The largest absolute Gasteiger partial charge is 0.495 e. The zero-order valence-electron chi connectivity index (χ0n) is 16.9. The summed E-state index contributed by atoms with van der Waals surface area (Å²) in [5.74, 6) is 0.443. The summed E-state index contributed by atoms with van der Waals surface area (Å²) in [5, 5.41) is 10.8. The molecule has 1 heterocycles. The molecule has 3 rings (SSSR count). The summed E-state index contributed by atoms with van der Waals surface area (Å²) >= 11 is 0. The predicted octanol–water partition coefficient (Wildman–Crippen LogP) is 1.50. The molecule has 0 aliphatic carbocycles. The molecular formula is C21H29N3O4S. The Balaban J connectivity index is 1.87. The van der Waals surface area contributed by atoms with Crippen LogP contribution in [0.5, 0.6) is 5.75 Å². The van der Waals surface area contributed by atoms with Crippen LogP contribution in [-0.2, 0) is 10.0 Å². The highest BCUT2D eigenvalue weighted by Crippen LogP contribution is 2.32. The van der Waals surface area contributed by atoms with Crippen LogP contribution in [0.4, 0.5) is 5.69 Å². The number of sulfonamides is 1. The van der Waals surface area contributed by atoms with Gasteiger partial charge in [0.25, 0.3) is 10.0 Å². The Labute approximate surface area is 173 Å². The van der Waals surface area contributed by atoms with Gasteiger partial charge in [-0.3, -0.25) is 9.21 Å². The van der Waals surface area contributed by atoms with Crippen molar-refractivity contribution >= 4 is 15.7 Å². The van der Waals surface area contributed by atoms with E-state index in [9.17, 15) is 13.5 Å². The fourth-order valence-electron chi connectivity index (χ4n) is 3.46. The molecule has 0 spiro atoms. The second-order valence-electron chi connectivity index (χ2n) is 7.28. The van der Waals surface area contributed by atoms with Crippen molar-refractivity contribution in [3.05, 3.63) is 54.6 Å². The maximum absolute atomic E-state index is 13.4. The number of β-amino-alcohol motifs (C(OH)–C–C–N with tert-alkyl or cyclic N) is 1. The monoisotopic (exact) mass is 419 g/mol. The van der Waals surface area contributed by atoms with E-state index in [1.807, 2.05) is 0 Å². The topological polar surface area (TPSA) is 73.3 Å². The molecule has 2 aromatic rings. The second-order valence-corrected chi connectivity index (χ2v) is 9.14. The lowest BCUT2D eigenvalue weighted by Gasteiger charge is -2.35. The van der Waals surface area contributed by atoms with Gasteiger partial charge in [-0.2, -0.15) is 0 Å². The van der Waals surface area contributed by atoms with Crippen molar-refractivity contribution < 1.29 is 18.3 Å². The molecule has 158 valence electrons. The Morgan fingerprint density at radius 2 is 1.66 bits per heavy atom. The fourth-order valence-corrected chi connectivity index (χ4v) is 4.99. The van der Waals surface area contributed by atoms with Crippen LogP contribution in [0.3, 0.4) is 0 Å². The number of para-hydroxylation sites is 2. The van der Waals surface area contributed by atoms with Gasteiger partial charge in [0.1, 0.15) is 5.75 Å². The van der Waals surface area contributed by atoms with Crippen molar-refractivity contribution in [1.29, 1.82) is 0 Å². The van der Waals surface area contributed by atoms with Gasteiger partial charge in [0, 0.05) is 32.7 Å². The summed E-state index contributed by atoms with van der Waals surface area (Å²) in [6.07, 6.45) is -0.832. The van der Waals surface area contributed by atoms with Gasteiger partial charge in [-0.05, 0) is 31.3 Å². The molecule has 0 bridgehead atoms. The summed E-state index contributed by atoms with van der Waals surface area (Å²) in [6, 6.07) is 15.2. The number of hydrogen-bond donors (Lipinski definition) is 1. The molecule has 0 aromatic heterocycles. The molecule has 1 fully saturated rings.